The minimum atomic E-state index is -3.83. The Labute approximate surface area is 258 Å². The number of benzene rings is 2. The van der Waals surface area contributed by atoms with Gasteiger partial charge in [-0.15, -0.1) is 0 Å². The highest BCUT2D eigenvalue weighted by atomic mass is 32.2. The number of nitrogens with two attached hydrogens (primary N) is 1. The third-order valence-corrected chi connectivity index (χ3v) is 8.94. The average molecular weight is 645 g/mol. The van der Waals surface area contributed by atoms with Crippen molar-refractivity contribution in [2.45, 2.75) is 49.4 Å². The van der Waals surface area contributed by atoms with Gasteiger partial charge in [-0.3, -0.25) is 9.36 Å². The molecule has 14 nitrogen and oxygen atoms in total. The van der Waals surface area contributed by atoms with Crippen LogP contribution in [0, 0.1) is 0 Å². The van der Waals surface area contributed by atoms with Crippen molar-refractivity contribution in [2.24, 2.45) is 0 Å². The standard InChI is InChI=1S/C28H33N6O8PS/c1-17(2)41-27(35)18(3)33-43(36,42-22-7-5-6-21-24(22)40-15-39-21)16-38-13-12-34-14-30-23-25(34)31-28(29)32-26(23)44-20-10-8-19(37-4)9-11-20/h5-11,14,17-18H,12-13,15-16H2,1-4H3,(H,33,36)(H2,29,31,32)/t18-,43?/m1/s1. The summed E-state index contributed by atoms with van der Waals surface area (Å²) in [6.07, 6.45) is 0.909. The Bertz CT molecular complexity index is 1670. The number of methoxy groups -OCH3 is 1. The molecule has 0 amide bonds. The maximum absolute atomic E-state index is 14.0. The van der Waals surface area contributed by atoms with Crippen molar-refractivity contribution in [1.82, 2.24) is 24.6 Å². The third kappa shape index (κ3) is 7.53. The van der Waals surface area contributed by atoms with Gasteiger partial charge < -0.3 is 38.5 Å². The van der Waals surface area contributed by atoms with E-state index in [2.05, 4.69) is 20.0 Å². The van der Waals surface area contributed by atoms with Crippen molar-refractivity contribution in [3.63, 3.8) is 0 Å². The molecule has 1 aliphatic rings. The summed E-state index contributed by atoms with van der Waals surface area (Å²) in [7, 11) is -2.22. The molecule has 2 atom stereocenters. The lowest BCUT2D eigenvalue weighted by molar-refractivity contribution is -0.149. The fourth-order valence-electron chi connectivity index (χ4n) is 4.18. The van der Waals surface area contributed by atoms with Crippen LogP contribution < -0.4 is 29.6 Å². The average Bonchev–Trinajstić information content (AvgIpc) is 3.63. The van der Waals surface area contributed by atoms with E-state index in [-0.39, 0.29) is 37.5 Å². The van der Waals surface area contributed by atoms with Crippen LogP contribution in [-0.4, -0.2) is 64.5 Å². The lowest BCUT2D eigenvalue weighted by Crippen LogP contribution is -2.36. The summed E-state index contributed by atoms with van der Waals surface area (Å²) in [4.78, 5) is 26.7. The Morgan fingerprint density at radius 1 is 1.16 bits per heavy atom. The van der Waals surface area contributed by atoms with Crippen molar-refractivity contribution in [3.05, 3.63) is 48.8 Å². The fourth-order valence-corrected chi connectivity index (χ4v) is 6.76. The number of esters is 1. The largest absolute Gasteiger partial charge is 0.497 e. The van der Waals surface area contributed by atoms with Crippen LogP contribution in [0.25, 0.3) is 11.2 Å². The summed E-state index contributed by atoms with van der Waals surface area (Å²) in [5, 5.41) is 3.38. The summed E-state index contributed by atoms with van der Waals surface area (Å²) < 4.78 is 48.9. The first kappa shape index (κ1) is 31.4. The number of anilines is 1. The van der Waals surface area contributed by atoms with Gasteiger partial charge in [0, 0.05) is 11.4 Å². The second-order valence-corrected chi connectivity index (χ2v) is 13.0. The number of aromatic nitrogens is 4. The predicted octanol–water partition coefficient (Wildman–Crippen LogP) is 4.47. The molecule has 0 fully saturated rings. The normalized spacial score (nSPS) is 14.4. The minimum absolute atomic E-state index is 0.00824. The molecule has 3 N–H and O–H groups in total. The number of hydrogen-bond acceptors (Lipinski definition) is 13. The number of nitrogens with one attached hydrogen (secondary N) is 1. The zero-order chi connectivity index (χ0) is 31.3. The first-order valence-electron chi connectivity index (χ1n) is 13.7. The fraction of sp³-hybridized carbons (Fsp3) is 0.357. The molecule has 0 saturated heterocycles. The number of rotatable bonds is 14. The summed E-state index contributed by atoms with van der Waals surface area (Å²) in [6, 6.07) is 11.6. The number of nitrogens with zero attached hydrogens (tertiary/aromatic N) is 4. The van der Waals surface area contributed by atoms with Gasteiger partial charge in [0.15, 0.2) is 17.1 Å². The van der Waals surface area contributed by atoms with Crippen LogP contribution >= 0.6 is 19.3 Å². The van der Waals surface area contributed by atoms with Gasteiger partial charge in [0.2, 0.25) is 18.5 Å². The summed E-state index contributed by atoms with van der Waals surface area (Å²) in [5.74, 6) is 1.24. The molecule has 5 rings (SSSR count). The summed E-state index contributed by atoms with van der Waals surface area (Å²) in [5.41, 5.74) is 7.13. The Balaban J connectivity index is 1.28. The molecular formula is C28H33N6O8PS. The monoisotopic (exact) mass is 644 g/mol. The van der Waals surface area contributed by atoms with Crippen LogP contribution in [0.3, 0.4) is 0 Å². The molecule has 3 heterocycles. The Morgan fingerprint density at radius 3 is 2.70 bits per heavy atom. The smallest absolute Gasteiger partial charge is 0.342 e. The highest BCUT2D eigenvalue weighted by molar-refractivity contribution is 7.99. The van der Waals surface area contributed by atoms with Crippen LogP contribution in [-0.2, 0) is 25.4 Å². The van der Waals surface area contributed by atoms with E-state index in [0.29, 0.717) is 34.2 Å². The van der Waals surface area contributed by atoms with Crippen LogP contribution in [0.2, 0.25) is 0 Å². The molecular weight excluding hydrogens is 611 g/mol. The van der Waals surface area contributed by atoms with E-state index in [0.717, 1.165) is 10.6 Å². The third-order valence-electron chi connectivity index (χ3n) is 6.16. The first-order chi connectivity index (χ1) is 21.1. The van der Waals surface area contributed by atoms with Crippen LogP contribution in [0.15, 0.2) is 58.7 Å². The van der Waals surface area contributed by atoms with Crippen LogP contribution in [0.5, 0.6) is 23.0 Å². The van der Waals surface area contributed by atoms with Gasteiger partial charge in [-0.05, 0) is 57.2 Å². The van der Waals surface area contributed by atoms with Gasteiger partial charge in [0.25, 0.3) is 0 Å². The highest BCUT2D eigenvalue weighted by Gasteiger charge is 2.33. The molecule has 2 aromatic carbocycles. The van der Waals surface area contributed by atoms with Gasteiger partial charge in [0.05, 0.1) is 26.1 Å². The van der Waals surface area contributed by atoms with Gasteiger partial charge in [-0.2, -0.15) is 4.98 Å². The van der Waals surface area contributed by atoms with Crippen molar-refractivity contribution in [3.8, 4) is 23.0 Å². The molecule has 0 radical (unpaired) electrons. The van der Waals surface area contributed by atoms with E-state index in [4.69, 9.17) is 33.9 Å². The predicted molar refractivity (Wildman–Crippen MR) is 162 cm³/mol. The molecule has 2 aromatic heterocycles. The van der Waals surface area contributed by atoms with Crippen LogP contribution in [0.1, 0.15) is 20.8 Å². The van der Waals surface area contributed by atoms with Gasteiger partial charge in [0.1, 0.15) is 28.7 Å². The van der Waals surface area contributed by atoms with E-state index < -0.39 is 19.5 Å². The Kier molecular flexibility index (Phi) is 9.79. The Hall–Kier alpha value is -4.04. The maximum Gasteiger partial charge on any atom is 0.342 e. The number of carbonyl (C=O) groups excluding carboxylic acids is 1. The number of ether oxygens (including phenoxy) is 5. The van der Waals surface area contributed by atoms with Crippen LogP contribution in [0.4, 0.5) is 5.95 Å². The van der Waals surface area contributed by atoms with E-state index in [1.165, 1.54) is 11.8 Å². The number of carbonyl (C=O) groups is 1. The number of hydrogen-bond donors (Lipinski definition) is 2. The molecule has 16 heteroatoms. The zero-order valence-corrected chi connectivity index (χ0v) is 26.3. The molecule has 1 aliphatic heterocycles. The molecule has 0 saturated carbocycles. The SMILES string of the molecule is COc1ccc(Sc2nc(N)nc3c2ncn3CCOCP(=O)(N[C@H](C)C(=O)OC(C)C)Oc2cccc3c2OCO3)cc1. The molecule has 0 aliphatic carbocycles. The second-order valence-electron chi connectivity index (χ2n) is 9.90. The van der Waals surface area contributed by atoms with E-state index >= 15 is 0 Å². The van der Waals surface area contributed by atoms with Crippen molar-refractivity contribution in [2.75, 3.05) is 32.6 Å². The molecule has 0 spiro atoms. The van der Waals surface area contributed by atoms with E-state index in [9.17, 15) is 9.36 Å². The van der Waals surface area contributed by atoms with Gasteiger partial charge >= 0.3 is 13.5 Å². The number of imidazole rings is 1. The lowest BCUT2D eigenvalue weighted by atomic mass is 10.3. The molecule has 4 aromatic rings. The summed E-state index contributed by atoms with van der Waals surface area (Å²) >= 11 is 1.40. The number of nitrogen functional groups attached to an aromatic ring is 1. The number of fused-ring (bicyclic) bond motifs is 2. The second kappa shape index (κ2) is 13.7. The zero-order valence-electron chi connectivity index (χ0n) is 24.6. The summed E-state index contributed by atoms with van der Waals surface area (Å²) in [6.45, 7) is 5.43. The molecule has 234 valence electrons. The van der Waals surface area contributed by atoms with Gasteiger partial charge in [-0.1, -0.05) is 17.8 Å². The van der Waals surface area contributed by atoms with Crippen molar-refractivity contribution in [1.29, 1.82) is 0 Å². The highest BCUT2D eigenvalue weighted by Crippen LogP contribution is 2.50. The minimum Gasteiger partial charge on any atom is -0.497 e. The van der Waals surface area contributed by atoms with Crippen molar-refractivity contribution >= 4 is 42.4 Å². The first-order valence-corrected chi connectivity index (χ1v) is 16.3. The molecule has 44 heavy (non-hydrogen) atoms. The van der Waals surface area contributed by atoms with Crippen molar-refractivity contribution < 1.29 is 37.6 Å². The number of para-hydroxylation sites is 1. The Morgan fingerprint density at radius 2 is 1.95 bits per heavy atom. The molecule has 0 bridgehead atoms. The lowest BCUT2D eigenvalue weighted by Gasteiger charge is -2.24. The topological polar surface area (TPSA) is 171 Å². The van der Waals surface area contributed by atoms with E-state index in [1.807, 2.05) is 24.3 Å². The molecule has 1 unspecified atom stereocenters. The quantitative estimate of drug-likeness (QED) is 0.0852. The van der Waals surface area contributed by atoms with E-state index in [1.54, 1.807) is 57.0 Å². The van der Waals surface area contributed by atoms with Gasteiger partial charge in [-0.25, -0.2) is 15.1 Å². The maximum atomic E-state index is 14.0.